The highest BCUT2D eigenvalue weighted by atomic mass is 127. The molecule has 0 saturated carbocycles. The van der Waals surface area contributed by atoms with Crippen LogP contribution in [0, 0.1) is 15.0 Å². The average molecular weight is 374 g/mol. The number of benzene rings is 1. The van der Waals surface area contributed by atoms with Crippen molar-refractivity contribution in [2.45, 2.75) is 26.2 Å². The molecule has 4 heteroatoms. The van der Waals surface area contributed by atoms with Gasteiger partial charge in [-0.2, -0.15) is 0 Å². The number of rotatable bonds is 4. The van der Waals surface area contributed by atoms with Crippen molar-refractivity contribution in [1.29, 1.82) is 0 Å². The summed E-state index contributed by atoms with van der Waals surface area (Å²) in [5, 5.41) is 0. The number of hydrogen-bond acceptors (Lipinski definition) is 2. The van der Waals surface area contributed by atoms with Crippen LogP contribution in [0.5, 0.6) is 5.75 Å². The van der Waals surface area contributed by atoms with Gasteiger partial charge in [0, 0.05) is 3.57 Å². The number of methoxy groups -OCH3 is 1. The molecule has 18 heavy (non-hydrogen) atoms. The minimum Gasteiger partial charge on any atom is -0.497 e. The molecule has 0 atom stereocenters. The van der Waals surface area contributed by atoms with Gasteiger partial charge in [0.2, 0.25) is 0 Å². The summed E-state index contributed by atoms with van der Waals surface area (Å²) >= 11 is 2.30. The van der Waals surface area contributed by atoms with Gasteiger partial charge in [0.05, 0.1) is 13.7 Å². The van der Waals surface area contributed by atoms with Crippen LogP contribution in [0.15, 0.2) is 18.2 Å². The average Bonchev–Trinajstić information content (AvgIpc) is 2.29. The number of halogens is 1. The van der Waals surface area contributed by atoms with Crippen molar-refractivity contribution < 1.29 is 9.47 Å². The van der Waals surface area contributed by atoms with Crippen LogP contribution in [0.4, 0.5) is 0 Å². The van der Waals surface area contributed by atoms with E-state index in [4.69, 9.17) is 9.47 Å². The fraction of sp³-hybridized carbons (Fsp3) is 0.429. The molecule has 1 aromatic carbocycles. The molecule has 0 aromatic heterocycles. The largest absolute Gasteiger partial charge is 0.497 e. The van der Waals surface area contributed by atoms with Crippen molar-refractivity contribution in [3.8, 4) is 17.2 Å². The Labute approximate surface area is 124 Å². The van der Waals surface area contributed by atoms with E-state index in [1.54, 1.807) is 7.11 Å². The van der Waals surface area contributed by atoms with E-state index in [0.717, 1.165) is 11.3 Å². The number of ether oxygens (including phenoxy) is 2. The second-order valence-corrected chi connectivity index (χ2v) is 10.9. The Balaban J connectivity index is 2.50. The van der Waals surface area contributed by atoms with Crippen molar-refractivity contribution in [2.24, 2.45) is 0 Å². The standard InChI is InChI=1S/C14H19IO2Si/c1-16-13-6-7-14(15)12(10-13)11-17-8-5-9-18(2,3)4/h6-7,10H,8,11H2,1-4H3. The van der Waals surface area contributed by atoms with Gasteiger partial charge in [0.1, 0.15) is 20.4 Å². The molecule has 0 spiro atoms. The van der Waals surface area contributed by atoms with Gasteiger partial charge in [-0.25, -0.2) is 0 Å². The van der Waals surface area contributed by atoms with Crippen molar-refractivity contribution in [1.82, 2.24) is 0 Å². The molecular weight excluding hydrogens is 355 g/mol. The fourth-order valence-corrected chi connectivity index (χ4v) is 2.40. The highest BCUT2D eigenvalue weighted by molar-refractivity contribution is 14.1. The van der Waals surface area contributed by atoms with Gasteiger partial charge in [-0.05, 0) is 46.4 Å². The van der Waals surface area contributed by atoms with Crippen molar-refractivity contribution in [2.75, 3.05) is 13.7 Å². The van der Waals surface area contributed by atoms with Crippen LogP contribution in [-0.2, 0) is 11.3 Å². The second-order valence-electron chi connectivity index (χ2n) is 5.00. The van der Waals surface area contributed by atoms with Crippen molar-refractivity contribution >= 4 is 30.7 Å². The molecule has 1 aromatic rings. The lowest BCUT2D eigenvalue weighted by Crippen LogP contribution is -2.16. The molecule has 0 bridgehead atoms. The highest BCUT2D eigenvalue weighted by Crippen LogP contribution is 2.19. The summed E-state index contributed by atoms with van der Waals surface area (Å²) in [6.07, 6.45) is 0. The smallest absolute Gasteiger partial charge is 0.129 e. The van der Waals surface area contributed by atoms with Crippen LogP contribution >= 0.6 is 22.6 Å². The molecule has 1 rings (SSSR count). The molecule has 0 aliphatic rings. The van der Waals surface area contributed by atoms with Crippen LogP contribution in [0.3, 0.4) is 0 Å². The molecule has 0 saturated heterocycles. The molecule has 0 radical (unpaired) electrons. The zero-order chi connectivity index (χ0) is 13.6. The Morgan fingerprint density at radius 2 is 2.00 bits per heavy atom. The third-order valence-corrected chi connectivity index (χ3v) is 4.13. The van der Waals surface area contributed by atoms with Gasteiger partial charge >= 0.3 is 0 Å². The maximum absolute atomic E-state index is 5.58. The van der Waals surface area contributed by atoms with E-state index < -0.39 is 8.07 Å². The SMILES string of the molecule is COc1ccc(I)c(COCC#C[Si](C)(C)C)c1. The topological polar surface area (TPSA) is 18.5 Å². The van der Waals surface area contributed by atoms with Gasteiger partial charge in [-0.1, -0.05) is 25.6 Å². The Morgan fingerprint density at radius 1 is 1.28 bits per heavy atom. The van der Waals surface area contributed by atoms with E-state index in [2.05, 4.69) is 53.7 Å². The van der Waals surface area contributed by atoms with E-state index in [1.165, 1.54) is 3.57 Å². The Bertz CT molecular complexity index is 455. The maximum Gasteiger partial charge on any atom is 0.129 e. The van der Waals surface area contributed by atoms with E-state index in [1.807, 2.05) is 18.2 Å². The summed E-state index contributed by atoms with van der Waals surface area (Å²) in [6, 6.07) is 6.00. The normalized spacial score (nSPS) is 10.7. The zero-order valence-corrected chi connectivity index (χ0v) is 14.5. The summed E-state index contributed by atoms with van der Waals surface area (Å²) in [4.78, 5) is 0. The zero-order valence-electron chi connectivity index (χ0n) is 11.3. The third-order valence-electron chi connectivity index (χ3n) is 2.15. The van der Waals surface area contributed by atoms with E-state index in [0.29, 0.717) is 13.2 Å². The second kappa shape index (κ2) is 7.17. The summed E-state index contributed by atoms with van der Waals surface area (Å²) in [5.41, 5.74) is 4.43. The summed E-state index contributed by atoms with van der Waals surface area (Å²) < 4.78 is 12.0. The lowest BCUT2D eigenvalue weighted by Gasteiger charge is -2.07. The van der Waals surface area contributed by atoms with Crippen LogP contribution in [0.2, 0.25) is 19.6 Å². The first-order valence-electron chi connectivity index (χ1n) is 5.82. The van der Waals surface area contributed by atoms with E-state index >= 15 is 0 Å². The van der Waals surface area contributed by atoms with Crippen LogP contribution < -0.4 is 4.74 Å². The van der Waals surface area contributed by atoms with Gasteiger partial charge in [0.25, 0.3) is 0 Å². The first-order valence-corrected chi connectivity index (χ1v) is 10.4. The maximum atomic E-state index is 5.58. The molecule has 98 valence electrons. The van der Waals surface area contributed by atoms with Gasteiger partial charge in [0.15, 0.2) is 0 Å². The van der Waals surface area contributed by atoms with Crippen LogP contribution in [0.25, 0.3) is 0 Å². The Kier molecular flexibility index (Phi) is 6.19. The van der Waals surface area contributed by atoms with Gasteiger partial charge in [-0.15, -0.1) is 5.54 Å². The Hall–Kier alpha value is -0.513. The van der Waals surface area contributed by atoms with Crippen molar-refractivity contribution in [3.05, 3.63) is 27.3 Å². The molecule has 0 N–H and O–H groups in total. The van der Waals surface area contributed by atoms with Crippen LogP contribution in [0.1, 0.15) is 5.56 Å². The number of hydrogen-bond donors (Lipinski definition) is 0. The van der Waals surface area contributed by atoms with Gasteiger partial charge in [-0.3, -0.25) is 0 Å². The lowest BCUT2D eigenvalue weighted by molar-refractivity contribution is 0.152. The summed E-state index contributed by atoms with van der Waals surface area (Å²) in [5.74, 6) is 3.96. The van der Waals surface area contributed by atoms with Crippen molar-refractivity contribution in [3.63, 3.8) is 0 Å². The Morgan fingerprint density at radius 3 is 2.61 bits per heavy atom. The van der Waals surface area contributed by atoms with E-state index in [9.17, 15) is 0 Å². The van der Waals surface area contributed by atoms with E-state index in [-0.39, 0.29) is 0 Å². The molecule has 0 fully saturated rings. The van der Waals surface area contributed by atoms with Crippen LogP contribution in [-0.4, -0.2) is 21.8 Å². The predicted molar refractivity (Wildman–Crippen MR) is 86.5 cm³/mol. The summed E-state index contributed by atoms with van der Waals surface area (Å²) in [6.45, 7) is 7.76. The quantitative estimate of drug-likeness (QED) is 0.346. The van der Waals surface area contributed by atoms with Gasteiger partial charge < -0.3 is 9.47 Å². The highest BCUT2D eigenvalue weighted by Gasteiger charge is 2.07. The summed E-state index contributed by atoms with van der Waals surface area (Å²) in [7, 11) is 0.398. The third kappa shape index (κ3) is 5.89. The first-order chi connectivity index (χ1) is 8.42. The molecule has 2 nitrogen and oxygen atoms in total. The molecule has 0 heterocycles. The lowest BCUT2D eigenvalue weighted by atomic mass is 10.2. The predicted octanol–water partition coefficient (Wildman–Crippen LogP) is 3.70. The minimum absolute atomic E-state index is 0.498. The monoisotopic (exact) mass is 374 g/mol. The molecule has 0 aliphatic heterocycles. The fourth-order valence-electron chi connectivity index (χ4n) is 1.30. The minimum atomic E-state index is -1.27. The molecular formula is C14H19IO2Si. The first kappa shape index (κ1) is 15.5. The molecule has 0 aliphatic carbocycles. The molecule has 0 amide bonds. The molecule has 0 unspecified atom stereocenters.